The highest BCUT2D eigenvalue weighted by Crippen LogP contribution is 2.34. The first kappa shape index (κ1) is 15.1. The highest BCUT2D eigenvalue weighted by Gasteiger charge is 2.34. The molecule has 0 saturated carbocycles. The van der Waals surface area contributed by atoms with Gasteiger partial charge in [0.15, 0.2) is 0 Å². The number of rotatable bonds is 3. The van der Waals surface area contributed by atoms with E-state index in [4.69, 9.17) is 22.7 Å². The largest absolute Gasteiger partial charge is 0.424 e. The van der Waals surface area contributed by atoms with Crippen LogP contribution in [0.25, 0.3) is 0 Å². The summed E-state index contributed by atoms with van der Waals surface area (Å²) >= 11 is 4.71. The number of aromatic nitrogens is 2. The average Bonchev–Trinajstić information content (AvgIpc) is 2.40. The molecule has 1 aromatic heterocycles. The molecular formula is C12H7F4N3OS. The second kappa shape index (κ2) is 5.60. The van der Waals surface area contributed by atoms with Gasteiger partial charge < -0.3 is 10.5 Å². The molecule has 110 valence electrons. The number of benzene rings is 1. The van der Waals surface area contributed by atoms with Gasteiger partial charge in [-0.05, 0) is 24.3 Å². The number of thiocarbonyl (C=S) groups is 1. The van der Waals surface area contributed by atoms with Gasteiger partial charge in [-0.2, -0.15) is 18.2 Å². The quantitative estimate of drug-likeness (QED) is 0.696. The topological polar surface area (TPSA) is 61.0 Å². The van der Waals surface area contributed by atoms with Gasteiger partial charge in [0, 0.05) is 6.20 Å². The van der Waals surface area contributed by atoms with Crippen molar-refractivity contribution >= 4 is 17.2 Å². The molecule has 1 heterocycles. The summed E-state index contributed by atoms with van der Waals surface area (Å²) in [5.41, 5.74) is 4.13. The highest BCUT2D eigenvalue weighted by atomic mass is 32.1. The maximum Gasteiger partial charge on any atom is 0.419 e. The molecule has 2 rings (SSSR count). The number of nitrogens with zero attached hydrogens (tertiary/aromatic N) is 2. The Morgan fingerprint density at radius 3 is 2.57 bits per heavy atom. The van der Waals surface area contributed by atoms with Gasteiger partial charge in [0.05, 0.1) is 5.56 Å². The van der Waals surface area contributed by atoms with Gasteiger partial charge in [-0.15, -0.1) is 0 Å². The van der Waals surface area contributed by atoms with Crippen LogP contribution in [0, 0.1) is 5.82 Å². The smallest absolute Gasteiger partial charge is 0.419 e. The molecule has 0 amide bonds. The third-order valence-electron chi connectivity index (χ3n) is 2.34. The first-order chi connectivity index (χ1) is 9.77. The lowest BCUT2D eigenvalue weighted by atomic mass is 10.2. The summed E-state index contributed by atoms with van der Waals surface area (Å²) in [5, 5.41) is 0. The van der Waals surface area contributed by atoms with E-state index in [2.05, 4.69) is 9.97 Å². The van der Waals surface area contributed by atoms with E-state index in [-0.39, 0.29) is 22.4 Å². The van der Waals surface area contributed by atoms with Crippen molar-refractivity contribution in [1.82, 2.24) is 9.97 Å². The number of hydrogen-bond donors (Lipinski definition) is 1. The van der Waals surface area contributed by atoms with Gasteiger partial charge in [-0.25, -0.2) is 9.37 Å². The van der Waals surface area contributed by atoms with Gasteiger partial charge in [-0.3, -0.25) is 0 Å². The van der Waals surface area contributed by atoms with Gasteiger partial charge in [0.1, 0.15) is 22.2 Å². The van der Waals surface area contributed by atoms with Crippen molar-refractivity contribution in [2.45, 2.75) is 6.18 Å². The fourth-order valence-electron chi connectivity index (χ4n) is 1.42. The summed E-state index contributed by atoms with van der Waals surface area (Å²) in [6.45, 7) is 0. The van der Waals surface area contributed by atoms with Crippen LogP contribution in [0.2, 0.25) is 0 Å². The molecular weight excluding hydrogens is 310 g/mol. The van der Waals surface area contributed by atoms with Crippen molar-refractivity contribution in [3.05, 3.63) is 47.5 Å². The van der Waals surface area contributed by atoms with Gasteiger partial charge in [0.2, 0.25) is 0 Å². The zero-order valence-electron chi connectivity index (χ0n) is 10.2. The molecule has 9 heteroatoms. The minimum atomic E-state index is -4.83. The molecule has 0 bridgehead atoms. The van der Waals surface area contributed by atoms with Crippen LogP contribution < -0.4 is 10.5 Å². The SMILES string of the molecule is NC(=S)c1ccnc(Oc2ccc(F)c(C(F)(F)F)c2)n1. The van der Waals surface area contributed by atoms with E-state index >= 15 is 0 Å². The lowest BCUT2D eigenvalue weighted by Gasteiger charge is -2.10. The Hall–Kier alpha value is -2.29. The second-order valence-electron chi connectivity index (χ2n) is 3.83. The van der Waals surface area contributed by atoms with Gasteiger partial charge in [0.25, 0.3) is 0 Å². The summed E-state index contributed by atoms with van der Waals surface area (Å²) < 4.78 is 55.9. The molecule has 0 saturated heterocycles. The Balaban J connectivity index is 2.32. The fraction of sp³-hybridized carbons (Fsp3) is 0.0833. The lowest BCUT2D eigenvalue weighted by Crippen LogP contribution is -2.12. The summed E-state index contributed by atoms with van der Waals surface area (Å²) in [7, 11) is 0. The van der Waals surface area contributed by atoms with E-state index in [1.807, 2.05) is 0 Å². The molecule has 0 aliphatic heterocycles. The van der Waals surface area contributed by atoms with Crippen LogP contribution in [0.1, 0.15) is 11.3 Å². The van der Waals surface area contributed by atoms with E-state index in [0.29, 0.717) is 12.1 Å². The maximum atomic E-state index is 13.1. The fourth-order valence-corrected chi connectivity index (χ4v) is 1.53. The summed E-state index contributed by atoms with van der Waals surface area (Å²) in [6, 6.07) is 3.37. The predicted octanol–water partition coefficient (Wildman–Crippen LogP) is 3.06. The van der Waals surface area contributed by atoms with Crippen molar-refractivity contribution in [3.8, 4) is 11.8 Å². The molecule has 21 heavy (non-hydrogen) atoms. The van der Waals surface area contributed by atoms with E-state index in [1.165, 1.54) is 12.3 Å². The second-order valence-corrected chi connectivity index (χ2v) is 4.27. The standard InChI is InChI=1S/C12H7F4N3OS/c13-8-2-1-6(5-7(8)12(14,15)16)20-11-18-4-3-9(19-11)10(17)21/h1-5H,(H2,17,21). The van der Waals surface area contributed by atoms with E-state index in [1.54, 1.807) is 0 Å². The Morgan fingerprint density at radius 1 is 1.24 bits per heavy atom. The Kier molecular flexibility index (Phi) is 4.03. The first-order valence-electron chi connectivity index (χ1n) is 5.45. The van der Waals surface area contributed by atoms with E-state index in [9.17, 15) is 17.6 Å². The number of hydrogen-bond acceptors (Lipinski definition) is 4. The number of nitrogens with two attached hydrogens (primary N) is 1. The van der Waals surface area contributed by atoms with Crippen LogP contribution in [0.4, 0.5) is 17.6 Å². The lowest BCUT2D eigenvalue weighted by molar-refractivity contribution is -0.140. The third kappa shape index (κ3) is 3.63. The molecule has 0 spiro atoms. The Labute approximate surface area is 121 Å². The van der Waals surface area contributed by atoms with Crippen molar-refractivity contribution < 1.29 is 22.3 Å². The summed E-state index contributed by atoms with van der Waals surface area (Å²) in [5.74, 6) is -1.66. The zero-order valence-corrected chi connectivity index (χ0v) is 11.0. The van der Waals surface area contributed by atoms with Crippen LogP contribution in [0.15, 0.2) is 30.5 Å². The van der Waals surface area contributed by atoms with Crippen LogP contribution in [0.5, 0.6) is 11.8 Å². The molecule has 0 aliphatic rings. The number of alkyl halides is 3. The molecule has 2 N–H and O–H groups in total. The molecule has 0 atom stereocenters. The first-order valence-corrected chi connectivity index (χ1v) is 5.85. The molecule has 4 nitrogen and oxygen atoms in total. The molecule has 0 unspecified atom stereocenters. The van der Waals surface area contributed by atoms with Crippen molar-refractivity contribution in [2.24, 2.45) is 5.73 Å². The van der Waals surface area contributed by atoms with Crippen molar-refractivity contribution in [2.75, 3.05) is 0 Å². The highest BCUT2D eigenvalue weighted by molar-refractivity contribution is 7.80. The molecule has 0 radical (unpaired) electrons. The van der Waals surface area contributed by atoms with Gasteiger partial charge >= 0.3 is 12.2 Å². The minimum absolute atomic E-state index is 0.0164. The molecule has 0 aliphatic carbocycles. The van der Waals surface area contributed by atoms with Crippen LogP contribution >= 0.6 is 12.2 Å². The van der Waals surface area contributed by atoms with Crippen LogP contribution in [-0.2, 0) is 6.18 Å². The molecule has 2 aromatic rings. The average molecular weight is 317 g/mol. The normalized spacial score (nSPS) is 11.2. The van der Waals surface area contributed by atoms with Crippen LogP contribution in [-0.4, -0.2) is 15.0 Å². The number of ether oxygens (including phenoxy) is 1. The van der Waals surface area contributed by atoms with E-state index in [0.717, 1.165) is 6.07 Å². The third-order valence-corrected chi connectivity index (χ3v) is 2.55. The van der Waals surface area contributed by atoms with Crippen molar-refractivity contribution in [1.29, 1.82) is 0 Å². The summed E-state index contributed by atoms with van der Waals surface area (Å²) in [4.78, 5) is 7.50. The molecule has 1 aromatic carbocycles. The Morgan fingerprint density at radius 2 is 1.95 bits per heavy atom. The zero-order chi connectivity index (χ0) is 15.6. The van der Waals surface area contributed by atoms with Crippen molar-refractivity contribution in [3.63, 3.8) is 0 Å². The van der Waals surface area contributed by atoms with E-state index < -0.39 is 17.6 Å². The monoisotopic (exact) mass is 317 g/mol. The van der Waals surface area contributed by atoms with Crippen LogP contribution in [0.3, 0.4) is 0 Å². The Bertz CT molecular complexity index is 690. The summed E-state index contributed by atoms with van der Waals surface area (Å²) in [6.07, 6.45) is -3.55. The molecule has 0 fully saturated rings. The minimum Gasteiger partial charge on any atom is -0.424 e. The van der Waals surface area contributed by atoms with Gasteiger partial charge in [-0.1, -0.05) is 12.2 Å². The number of halogens is 4. The predicted molar refractivity (Wildman–Crippen MR) is 69.4 cm³/mol. The maximum absolute atomic E-state index is 13.1.